The molecule has 0 saturated heterocycles. The van der Waals surface area contributed by atoms with Gasteiger partial charge in [0.2, 0.25) is 5.78 Å². The summed E-state index contributed by atoms with van der Waals surface area (Å²) >= 11 is 0. The molecule has 7 nitrogen and oxygen atoms in total. The molecular weight excluding hydrogens is 440 g/mol. The van der Waals surface area contributed by atoms with Crippen LogP contribution in [-0.4, -0.2) is 35.0 Å². The summed E-state index contributed by atoms with van der Waals surface area (Å²) in [4.78, 5) is 13.9. The summed E-state index contributed by atoms with van der Waals surface area (Å²) < 4.78 is 35.2. The van der Waals surface area contributed by atoms with Crippen LogP contribution in [0.2, 0.25) is 0 Å². The Labute approximate surface area is 192 Å². The van der Waals surface area contributed by atoms with Crippen molar-refractivity contribution in [2.45, 2.75) is 25.3 Å². The summed E-state index contributed by atoms with van der Waals surface area (Å²) in [5.41, 5.74) is 2.87. The van der Waals surface area contributed by atoms with Crippen LogP contribution in [0.5, 0.6) is 5.75 Å². The number of hydrogen-bond donors (Lipinski definition) is 1. The van der Waals surface area contributed by atoms with Gasteiger partial charge in [0.25, 0.3) is 10.0 Å². The first-order valence-electron chi connectivity index (χ1n) is 10.3. The van der Waals surface area contributed by atoms with E-state index in [2.05, 4.69) is 0 Å². The van der Waals surface area contributed by atoms with E-state index in [0.29, 0.717) is 17.1 Å². The van der Waals surface area contributed by atoms with Crippen molar-refractivity contribution in [1.82, 2.24) is 8.54 Å². The Balaban J connectivity index is 1.98. The molecule has 0 unspecified atom stereocenters. The number of hydrogen-bond acceptors (Lipinski definition) is 5. The number of aryl methyl sites for hydroxylation is 2. The van der Waals surface area contributed by atoms with E-state index in [1.165, 1.54) is 25.4 Å². The molecule has 2 heterocycles. The fourth-order valence-corrected chi connectivity index (χ4v) is 5.08. The highest BCUT2D eigenvalue weighted by atomic mass is 32.2. The summed E-state index contributed by atoms with van der Waals surface area (Å²) in [5.74, 6) is -0.165. The minimum atomic E-state index is -4.08. The molecule has 0 aliphatic carbocycles. The molecule has 0 aliphatic heterocycles. The molecule has 170 valence electrons. The quantitative estimate of drug-likeness (QED) is 0.420. The molecule has 0 aliphatic rings. The third-order valence-electron chi connectivity index (χ3n) is 5.48. The summed E-state index contributed by atoms with van der Waals surface area (Å²) in [5, 5.41) is 9.75. The van der Waals surface area contributed by atoms with E-state index in [4.69, 9.17) is 4.74 Å². The lowest BCUT2D eigenvalue weighted by Crippen LogP contribution is -2.20. The molecule has 0 fully saturated rings. The Morgan fingerprint density at radius 1 is 0.970 bits per heavy atom. The second-order valence-corrected chi connectivity index (χ2v) is 9.54. The van der Waals surface area contributed by atoms with E-state index in [-0.39, 0.29) is 22.8 Å². The number of aliphatic hydroxyl groups is 1. The maximum Gasteiger partial charge on any atom is 0.268 e. The number of carbonyl (C=O) groups excluding carboxylic acids is 1. The SMILES string of the molecule is COc1cc(C)ccc1C(=O)c1c(-n2cccc2CO)ccn1S(=O)(=O)c1ccc(C)cc1. The molecular formula is C25H24N2O5S. The first kappa shape index (κ1) is 22.6. The van der Waals surface area contributed by atoms with Gasteiger partial charge in [-0.25, -0.2) is 12.4 Å². The number of benzene rings is 2. The molecule has 8 heteroatoms. The third kappa shape index (κ3) is 3.99. The Morgan fingerprint density at radius 3 is 2.33 bits per heavy atom. The van der Waals surface area contributed by atoms with Crippen LogP contribution in [0.4, 0.5) is 0 Å². The maximum absolute atomic E-state index is 13.8. The fraction of sp³-hybridized carbons (Fsp3) is 0.160. The summed E-state index contributed by atoms with van der Waals surface area (Å²) in [6.07, 6.45) is 3.03. The van der Waals surface area contributed by atoms with Gasteiger partial charge in [-0.1, -0.05) is 23.8 Å². The number of rotatable bonds is 7. The lowest BCUT2D eigenvalue weighted by Gasteiger charge is -2.15. The highest BCUT2D eigenvalue weighted by Gasteiger charge is 2.29. The van der Waals surface area contributed by atoms with Crippen LogP contribution in [0.25, 0.3) is 5.69 Å². The Kier molecular flexibility index (Phi) is 5.97. The van der Waals surface area contributed by atoms with Crippen molar-refractivity contribution in [1.29, 1.82) is 0 Å². The second kappa shape index (κ2) is 8.73. The zero-order valence-electron chi connectivity index (χ0n) is 18.5. The molecule has 4 rings (SSSR count). The Morgan fingerprint density at radius 2 is 1.67 bits per heavy atom. The normalized spacial score (nSPS) is 11.5. The zero-order chi connectivity index (χ0) is 23.8. The predicted octanol–water partition coefficient (Wildman–Crippen LogP) is 3.86. The van der Waals surface area contributed by atoms with Gasteiger partial charge in [-0.05, 0) is 61.9 Å². The molecule has 0 atom stereocenters. The number of methoxy groups -OCH3 is 1. The molecule has 0 bridgehead atoms. The van der Waals surface area contributed by atoms with Crippen molar-refractivity contribution in [3.8, 4) is 11.4 Å². The number of aliphatic hydroxyl groups excluding tert-OH is 1. The molecule has 0 radical (unpaired) electrons. The molecule has 0 spiro atoms. The zero-order valence-corrected chi connectivity index (χ0v) is 19.3. The maximum atomic E-state index is 13.8. The van der Waals surface area contributed by atoms with E-state index >= 15 is 0 Å². The van der Waals surface area contributed by atoms with E-state index in [0.717, 1.165) is 15.1 Å². The van der Waals surface area contributed by atoms with Crippen LogP contribution in [-0.2, 0) is 16.6 Å². The van der Waals surface area contributed by atoms with Crippen molar-refractivity contribution in [3.63, 3.8) is 0 Å². The van der Waals surface area contributed by atoms with Crippen LogP contribution in [0, 0.1) is 13.8 Å². The lowest BCUT2D eigenvalue weighted by atomic mass is 10.0. The first-order chi connectivity index (χ1) is 15.8. The molecule has 2 aromatic heterocycles. The van der Waals surface area contributed by atoms with Gasteiger partial charge in [0.15, 0.2) is 0 Å². The van der Waals surface area contributed by atoms with Gasteiger partial charge in [0.1, 0.15) is 11.4 Å². The number of carbonyl (C=O) groups is 1. The van der Waals surface area contributed by atoms with Crippen LogP contribution in [0.3, 0.4) is 0 Å². The number of nitrogens with zero attached hydrogens (tertiary/aromatic N) is 2. The molecule has 0 amide bonds. The summed E-state index contributed by atoms with van der Waals surface area (Å²) in [6, 6.07) is 16.5. The standard InChI is InChI=1S/C25H24N2O5S/c1-17-6-9-20(10-7-17)33(30,31)27-14-12-22(26-13-4-5-19(26)16-28)24(27)25(29)21-11-8-18(2)15-23(21)32-3/h4-15,28H,16H2,1-3H3. The molecule has 2 aromatic carbocycles. The largest absolute Gasteiger partial charge is 0.496 e. The second-order valence-electron chi connectivity index (χ2n) is 7.72. The van der Waals surface area contributed by atoms with E-state index in [1.807, 2.05) is 13.8 Å². The van der Waals surface area contributed by atoms with Gasteiger partial charge < -0.3 is 14.4 Å². The van der Waals surface area contributed by atoms with Gasteiger partial charge in [-0.3, -0.25) is 4.79 Å². The first-order valence-corrected chi connectivity index (χ1v) is 11.7. The smallest absolute Gasteiger partial charge is 0.268 e. The topological polar surface area (TPSA) is 90.5 Å². The van der Waals surface area contributed by atoms with Crippen LogP contribution in [0.15, 0.2) is 78.0 Å². The summed E-state index contributed by atoms with van der Waals surface area (Å²) in [6.45, 7) is 3.47. The number of ketones is 1. The number of ether oxygens (including phenoxy) is 1. The molecule has 1 N–H and O–H groups in total. The van der Waals surface area contributed by atoms with Crippen LogP contribution in [0.1, 0.15) is 32.9 Å². The molecule has 4 aromatic rings. The Hall–Kier alpha value is -3.62. The van der Waals surface area contributed by atoms with Gasteiger partial charge >= 0.3 is 0 Å². The van der Waals surface area contributed by atoms with E-state index < -0.39 is 15.8 Å². The summed E-state index contributed by atoms with van der Waals surface area (Å²) in [7, 11) is -2.62. The lowest BCUT2D eigenvalue weighted by molar-refractivity contribution is 0.103. The van der Waals surface area contributed by atoms with Crippen molar-refractivity contribution in [2.24, 2.45) is 0 Å². The minimum Gasteiger partial charge on any atom is -0.496 e. The van der Waals surface area contributed by atoms with Gasteiger partial charge in [0.05, 0.1) is 29.9 Å². The van der Waals surface area contributed by atoms with Crippen LogP contribution >= 0.6 is 0 Å². The highest BCUT2D eigenvalue weighted by Crippen LogP contribution is 2.30. The van der Waals surface area contributed by atoms with E-state index in [1.54, 1.807) is 59.3 Å². The molecule has 0 saturated carbocycles. The van der Waals surface area contributed by atoms with Gasteiger partial charge in [-0.15, -0.1) is 0 Å². The minimum absolute atomic E-state index is 0.0522. The average molecular weight is 465 g/mol. The fourth-order valence-electron chi connectivity index (χ4n) is 3.73. The average Bonchev–Trinajstić information content (AvgIpc) is 3.45. The van der Waals surface area contributed by atoms with Crippen molar-refractivity contribution >= 4 is 15.8 Å². The number of aromatic nitrogens is 2. The monoisotopic (exact) mass is 464 g/mol. The van der Waals surface area contributed by atoms with E-state index in [9.17, 15) is 18.3 Å². The third-order valence-corrected chi connectivity index (χ3v) is 7.17. The molecule has 33 heavy (non-hydrogen) atoms. The Bertz CT molecular complexity index is 1430. The van der Waals surface area contributed by atoms with Crippen molar-refractivity contribution < 1.29 is 23.1 Å². The van der Waals surface area contributed by atoms with Crippen LogP contribution < -0.4 is 4.74 Å². The van der Waals surface area contributed by atoms with Crippen molar-refractivity contribution in [3.05, 3.63) is 101 Å². The predicted molar refractivity (Wildman–Crippen MR) is 125 cm³/mol. The highest BCUT2D eigenvalue weighted by molar-refractivity contribution is 7.90. The van der Waals surface area contributed by atoms with Crippen molar-refractivity contribution in [2.75, 3.05) is 7.11 Å². The van der Waals surface area contributed by atoms with Gasteiger partial charge in [-0.2, -0.15) is 0 Å². The van der Waals surface area contributed by atoms with Gasteiger partial charge in [0, 0.05) is 18.1 Å².